The Hall–Kier alpha value is -4.70. The van der Waals surface area contributed by atoms with Gasteiger partial charge in [0.05, 0.1) is 12.8 Å². The molecule has 2 amide bonds. The van der Waals surface area contributed by atoms with Gasteiger partial charge in [-0.3, -0.25) is 9.59 Å². The number of nitrogens with one attached hydrogen (secondary N) is 2. The van der Waals surface area contributed by atoms with Gasteiger partial charge >= 0.3 is 0 Å². The monoisotopic (exact) mass is 450 g/mol. The van der Waals surface area contributed by atoms with Gasteiger partial charge in [0.1, 0.15) is 23.2 Å². The number of nitriles is 1. The van der Waals surface area contributed by atoms with Crippen LogP contribution in [0.3, 0.4) is 0 Å². The number of benzene rings is 3. The molecule has 0 bridgehead atoms. The van der Waals surface area contributed by atoms with Crippen LogP contribution in [0.1, 0.15) is 32.6 Å². The van der Waals surface area contributed by atoms with Crippen LogP contribution in [0.2, 0.25) is 0 Å². The number of aliphatic imine (C=N–C) groups is 1. The maximum Gasteiger partial charge on any atom is 0.264 e. The molecule has 168 valence electrons. The van der Waals surface area contributed by atoms with Gasteiger partial charge in [0.2, 0.25) is 0 Å². The molecule has 1 aliphatic rings. The van der Waals surface area contributed by atoms with Crippen LogP contribution in [0, 0.1) is 18.3 Å². The first-order valence-electron chi connectivity index (χ1n) is 10.6. The van der Waals surface area contributed by atoms with E-state index < -0.39 is 5.91 Å². The standard InChI is InChI=1S/C27H22N4O3/c1-17-7-3-4-8-20(17)27(33)31-25-22-10-6-5-9-21(22)24(30-25)23(15-28)26(32)29-16-18-11-13-19(34-2)14-12-18/h3-14H,16H2,1-2H3,(H,29,32)(H,30,31,33)/b24-23-. The lowest BCUT2D eigenvalue weighted by molar-refractivity contribution is -0.117. The summed E-state index contributed by atoms with van der Waals surface area (Å²) in [6, 6.07) is 23.7. The summed E-state index contributed by atoms with van der Waals surface area (Å²) in [4.78, 5) is 30.2. The number of carbonyl (C=O) groups is 2. The summed E-state index contributed by atoms with van der Waals surface area (Å²) in [7, 11) is 1.58. The summed E-state index contributed by atoms with van der Waals surface area (Å²) in [6.45, 7) is 2.09. The minimum Gasteiger partial charge on any atom is -0.497 e. The van der Waals surface area contributed by atoms with Gasteiger partial charge in [-0.2, -0.15) is 5.26 Å². The van der Waals surface area contributed by atoms with Gasteiger partial charge in [0.25, 0.3) is 11.8 Å². The molecule has 2 N–H and O–H groups in total. The zero-order valence-corrected chi connectivity index (χ0v) is 18.8. The smallest absolute Gasteiger partial charge is 0.264 e. The van der Waals surface area contributed by atoms with E-state index in [1.807, 2.05) is 43.3 Å². The molecule has 0 radical (unpaired) electrons. The van der Waals surface area contributed by atoms with E-state index >= 15 is 0 Å². The van der Waals surface area contributed by atoms with E-state index in [0.29, 0.717) is 28.3 Å². The van der Waals surface area contributed by atoms with E-state index in [9.17, 15) is 14.9 Å². The first-order chi connectivity index (χ1) is 16.5. The van der Waals surface area contributed by atoms with Crippen LogP contribution >= 0.6 is 0 Å². The van der Waals surface area contributed by atoms with Crippen LogP contribution in [0.5, 0.6) is 5.75 Å². The van der Waals surface area contributed by atoms with Crippen molar-refractivity contribution in [2.24, 2.45) is 4.99 Å². The average Bonchev–Trinajstić information content (AvgIpc) is 3.21. The Morgan fingerprint density at radius 3 is 2.32 bits per heavy atom. The van der Waals surface area contributed by atoms with E-state index in [2.05, 4.69) is 15.6 Å². The van der Waals surface area contributed by atoms with Gasteiger partial charge in [-0.1, -0.05) is 54.6 Å². The summed E-state index contributed by atoms with van der Waals surface area (Å²) in [5.74, 6) is 0.162. The first-order valence-corrected chi connectivity index (χ1v) is 10.6. The fraction of sp³-hybridized carbons (Fsp3) is 0.111. The van der Waals surface area contributed by atoms with Crippen molar-refractivity contribution in [3.8, 4) is 11.8 Å². The molecule has 1 aliphatic heterocycles. The number of amides is 2. The normalized spacial score (nSPS) is 13.3. The third-order valence-electron chi connectivity index (χ3n) is 5.47. The Labute approximate surface area is 197 Å². The van der Waals surface area contributed by atoms with E-state index in [1.54, 1.807) is 49.6 Å². The number of aryl methyl sites for hydroxylation is 1. The van der Waals surface area contributed by atoms with E-state index in [0.717, 1.165) is 11.1 Å². The Balaban J connectivity index is 1.61. The van der Waals surface area contributed by atoms with Gasteiger partial charge < -0.3 is 15.4 Å². The number of hydrogen-bond acceptors (Lipinski definition) is 5. The lowest BCUT2D eigenvalue weighted by Crippen LogP contribution is -2.30. The number of fused-ring (bicyclic) bond motifs is 1. The number of carbonyl (C=O) groups excluding carboxylic acids is 2. The average molecular weight is 450 g/mol. The summed E-state index contributed by atoms with van der Waals surface area (Å²) >= 11 is 0. The highest BCUT2D eigenvalue weighted by Gasteiger charge is 2.27. The van der Waals surface area contributed by atoms with Crippen molar-refractivity contribution < 1.29 is 14.3 Å². The molecule has 0 atom stereocenters. The second-order valence-electron chi connectivity index (χ2n) is 7.64. The van der Waals surface area contributed by atoms with Crippen molar-refractivity contribution in [3.05, 3.63) is 106 Å². The summed E-state index contributed by atoms with van der Waals surface area (Å²) < 4.78 is 5.14. The first kappa shape index (κ1) is 22.5. The van der Waals surface area contributed by atoms with Crippen molar-refractivity contribution in [1.29, 1.82) is 5.26 Å². The van der Waals surface area contributed by atoms with E-state index in [1.165, 1.54) is 0 Å². The molecule has 0 saturated heterocycles. The molecule has 0 aliphatic carbocycles. The van der Waals surface area contributed by atoms with Crippen LogP contribution in [0.25, 0.3) is 5.70 Å². The summed E-state index contributed by atoms with van der Waals surface area (Å²) in [5, 5.41) is 15.4. The third kappa shape index (κ3) is 4.57. The molecule has 1 heterocycles. The topological polar surface area (TPSA) is 104 Å². The largest absolute Gasteiger partial charge is 0.497 e. The number of amidine groups is 1. The molecule has 7 nitrogen and oxygen atoms in total. The van der Waals surface area contributed by atoms with Crippen molar-refractivity contribution in [2.75, 3.05) is 7.11 Å². The maximum absolute atomic E-state index is 12.9. The van der Waals surface area contributed by atoms with Crippen LogP contribution in [0.4, 0.5) is 0 Å². The minimum absolute atomic E-state index is 0.124. The van der Waals surface area contributed by atoms with Crippen LogP contribution < -0.4 is 15.4 Å². The van der Waals surface area contributed by atoms with Gasteiger partial charge in [-0.15, -0.1) is 0 Å². The molecule has 0 saturated carbocycles. The van der Waals surface area contributed by atoms with Gasteiger partial charge in [-0.25, -0.2) is 4.99 Å². The number of nitrogens with zero attached hydrogens (tertiary/aromatic N) is 2. The Bertz CT molecular complexity index is 1370. The van der Waals surface area contributed by atoms with E-state index in [4.69, 9.17) is 4.74 Å². The second-order valence-corrected chi connectivity index (χ2v) is 7.64. The molecule has 3 aromatic rings. The molecule has 0 unspecified atom stereocenters. The number of rotatable bonds is 5. The Morgan fingerprint density at radius 1 is 0.971 bits per heavy atom. The predicted octanol–water partition coefficient (Wildman–Crippen LogP) is 3.74. The highest BCUT2D eigenvalue weighted by Crippen LogP contribution is 2.30. The molecular weight excluding hydrogens is 428 g/mol. The molecule has 0 spiro atoms. The summed E-state index contributed by atoms with van der Waals surface area (Å²) in [6.07, 6.45) is 0. The fourth-order valence-electron chi connectivity index (χ4n) is 3.64. The molecule has 0 aromatic heterocycles. The van der Waals surface area contributed by atoms with Crippen LogP contribution in [0.15, 0.2) is 83.4 Å². The van der Waals surface area contributed by atoms with Crippen molar-refractivity contribution >= 4 is 23.3 Å². The molecule has 4 rings (SSSR count). The fourth-order valence-corrected chi connectivity index (χ4v) is 3.64. The molecule has 3 aromatic carbocycles. The molecule has 7 heteroatoms. The van der Waals surface area contributed by atoms with Crippen molar-refractivity contribution in [2.45, 2.75) is 13.5 Å². The molecular formula is C27H22N4O3. The third-order valence-corrected chi connectivity index (χ3v) is 5.47. The van der Waals surface area contributed by atoms with Crippen molar-refractivity contribution in [3.63, 3.8) is 0 Å². The SMILES string of the molecule is COc1ccc(CNC(=O)/C(C#N)=C2\N=C(NC(=O)c3ccccc3C)c3ccccc32)cc1. The highest BCUT2D eigenvalue weighted by atomic mass is 16.5. The zero-order valence-electron chi connectivity index (χ0n) is 18.8. The van der Waals surface area contributed by atoms with Crippen LogP contribution in [-0.4, -0.2) is 24.8 Å². The van der Waals surface area contributed by atoms with Crippen molar-refractivity contribution in [1.82, 2.24) is 10.6 Å². The number of hydrogen-bond donors (Lipinski definition) is 2. The maximum atomic E-state index is 12.9. The van der Waals surface area contributed by atoms with E-state index in [-0.39, 0.29) is 23.7 Å². The number of methoxy groups -OCH3 is 1. The highest BCUT2D eigenvalue weighted by molar-refractivity contribution is 6.20. The summed E-state index contributed by atoms with van der Waals surface area (Å²) in [5.41, 5.74) is 3.58. The minimum atomic E-state index is -0.543. The van der Waals surface area contributed by atoms with Crippen LogP contribution in [-0.2, 0) is 11.3 Å². The second kappa shape index (κ2) is 9.84. The predicted molar refractivity (Wildman–Crippen MR) is 129 cm³/mol. The lowest BCUT2D eigenvalue weighted by Gasteiger charge is -2.08. The molecule has 34 heavy (non-hydrogen) atoms. The number of ether oxygens (including phenoxy) is 1. The quantitative estimate of drug-likeness (QED) is 0.456. The van der Waals surface area contributed by atoms with Gasteiger partial charge in [0, 0.05) is 23.2 Å². The molecule has 0 fully saturated rings. The Kier molecular flexibility index (Phi) is 6.51. The Morgan fingerprint density at radius 2 is 1.65 bits per heavy atom. The lowest BCUT2D eigenvalue weighted by atomic mass is 10.0. The zero-order chi connectivity index (χ0) is 24.1. The van der Waals surface area contributed by atoms with Gasteiger partial charge in [-0.05, 0) is 36.2 Å². The van der Waals surface area contributed by atoms with Gasteiger partial charge in [0.15, 0.2) is 0 Å².